The standard InChI is InChI=1S/C21H30F3NO5/c1-20(2,3)19(29)30-9-13-12(6-7-14(25-13)21(22,23)24)18(28)15-16(26)10-4-5-11(8-10)17(15)27/h10-16,25-26H,4-9H2,1-3H3. The van der Waals surface area contributed by atoms with Gasteiger partial charge >= 0.3 is 12.1 Å². The lowest BCUT2D eigenvalue weighted by Gasteiger charge is -2.40. The van der Waals surface area contributed by atoms with Crippen molar-refractivity contribution in [1.82, 2.24) is 5.32 Å². The lowest BCUT2D eigenvalue weighted by atomic mass is 9.70. The van der Waals surface area contributed by atoms with Gasteiger partial charge in [0.05, 0.1) is 17.6 Å². The number of aliphatic hydroxyl groups excluding tert-OH is 1. The first-order chi connectivity index (χ1) is 13.8. The van der Waals surface area contributed by atoms with Gasteiger partial charge in [0.2, 0.25) is 0 Å². The molecule has 0 spiro atoms. The van der Waals surface area contributed by atoms with Crippen LogP contribution < -0.4 is 5.32 Å². The summed E-state index contributed by atoms with van der Waals surface area (Å²) in [5, 5.41) is 13.0. The van der Waals surface area contributed by atoms with Crippen molar-refractivity contribution in [3.8, 4) is 0 Å². The Morgan fingerprint density at radius 2 is 1.80 bits per heavy atom. The van der Waals surface area contributed by atoms with Crippen molar-refractivity contribution in [3.05, 3.63) is 0 Å². The second-order valence-electron chi connectivity index (χ2n) is 9.94. The largest absolute Gasteiger partial charge is 0.464 e. The van der Waals surface area contributed by atoms with E-state index in [9.17, 15) is 32.7 Å². The summed E-state index contributed by atoms with van der Waals surface area (Å²) < 4.78 is 45.0. The number of piperidine rings is 1. The molecule has 1 aliphatic heterocycles. The quantitative estimate of drug-likeness (QED) is 0.523. The van der Waals surface area contributed by atoms with Crippen molar-refractivity contribution >= 4 is 17.5 Å². The number of rotatable bonds is 4. The van der Waals surface area contributed by atoms with Crippen LogP contribution in [-0.2, 0) is 19.1 Å². The van der Waals surface area contributed by atoms with E-state index in [0.29, 0.717) is 19.3 Å². The lowest BCUT2D eigenvalue weighted by molar-refractivity contribution is -0.173. The number of esters is 1. The molecule has 2 N–H and O–H groups in total. The fraction of sp³-hybridized carbons (Fsp3) is 0.857. The molecule has 3 rings (SSSR count). The van der Waals surface area contributed by atoms with Gasteiger partial charge in [-0.05, 0) is 58.8 Å². The Balaban J connectivity index is 1.78. The van der Waals surface area contributed by atoms with Crippen LogP contribution in [0.3, 0.4) is 0 Å². The Hall–Kier alpha value is -1.48. The van der Waals surface area contributed by atoms with Gasteiger partial charge in [-0.3, -0.25) is 19.7 Å². The van der Waals surface area contributed by atoms with Crippen LogP contribution in [0.15, 0.2) is 0 Å². The molecule has 2 aliphatic carbocycles. The summed E-state index contributed by atoms with van der Waals surface area (Å²) in [5.74, 6) is -3.94. The van der Waals surface area contributed by atoms with E-state index in [1.54, 1.807) is 20.8 Å². The monoisotopic (exact) mass is 433 g/mol. The molecule has 30 heavy (non-hydrogen) atoms. The molecule has 0 amide bonds. The number of halogens is 3. The van der Waals surface area contributed by atoms with Gasteiger partial charge in [-0.25, -0.2) is 0 Å². The summed E-state index contributed by atoms with van der Waals surface area (Å²) in [4.78, 5) is 38.1. The van der Waals surface area contributed by atoms with Gasteiger partial charge in [0.15, 0.2) is 5.78 Å². The van der Waals surface area contributed by atoms with Crippen molar-refractivity contribution in [2.75, 3.05) is 6.61 Å². The topological polar surface area (TPSA) is 92.7 Å². The van der Waals surface area contributed by atoms with Gasteiger partial charge in [-0.2, -0.15) is 13.2 Å². The average Bonchev–Trinajstić information content (AvgIpc) is 3.10. The summed E-state index contributed by atoms with van der Waals surface area (Å²) in [5.41, 5.74) is -0.841. The van der Waals surface area contributed by atoms with Crippen LogP contribution in [0.5, 0.6) is 0 Å². The first kappa shape index (κ1) is 23.2. The third-order valence-electron chi connectivity index (χ3n) is 6.75. The Kier molecular flexibility index (Phi) is 6.35. The van der Waals surface area contributed by atoms with Crippen LogP contribution in [0.4, 0.5) is 13.2 Å². The Labute approximate surface area is 173 Å². The van der Waals surface area contributed by atoms with Crippen molar-refractivity contribution in [2.24, 2.45) is 29.1 Å². The summed E-state index contributed by atoms with van der Waals surface area (Å²) in [7, 11) is 0. The first-order valence-corrected chi connectivity index (χ1v) is 10.6. The van der Waals surface area contributed by atoms with E-state index in [-0.39, 0.29) is 30.5 Å². The van der Waals surface area contributed by atoms with Gasteiger partial charge in [-0.1, -0.05) is 0 Å². The van der Waals surface area contributed by atoms with E-state index >= 15 is 0 Å². The maximum atomic E-state index is 13.3. The normalized spacial score (nSPS) is 37.2. The molecule has 1 saturated heterocycles. The number of hydrogen-bond acceptors (Lipinski definition) is 6. The Morgan fingerprint density at radius 1 is 1.13 bits per heavy atom. The summed E-state index contributed by atoms with van der Waals surface area (Å²) in [6.45, 7) is 4.47. The number of alkyl halides is 3. The average molecular weight is 433 g/mol. The predicted molar refractivity (Wildman–Crippen MR) is 100 cm³/mol. The highest BCUT2D eigenvalue weighted by molar-refractivity contribution is 6.06. The maximum Gasteiger partial charge on any atom is 0.403 e. The molecule has 170 valence electrons. The third kappa shape index (κ3) is 4.56. The number of carbonyl (C=O) groups excluding carboxylic acids is 3. The SMILES string of the molecule is CC(C)(C)C(=O)OCC1NC(C(F)(F)F)CCC1C(=O)C1C(=O)C2CCC(C2)C1O. The highest BCUT2D eigenvalue weighted by Crippen LogP contribution is 2.44. The molecule has 3 aliphatic rings. The smallest absolute Gasteiger partial charge is 0.403 e. The zero-order valence-corrected chi connectivity index (χ0v) is 17.5. The molecule has 3 fully saturated rings. The van der Waals surface area contributed by atoms with Crippen LogP contribution >= 0.6 is 0 Å². The number of fused-ring (bicyclic) bond motifs is 2. The van der Waals surface area contributed by atoms with E-state index in [0.717, 1.165) is 0 Å². The molecule has 9 heteroatoms. The minimum absolute atomic E-state index is 0.0838. The number of ether oxygens (including phenoxy) is 1. The number of carbonyl (C=O) groups is 3. The molecule has 0 radical (unpaired) electrons. The molecule has 2 saturated carbocycles. The number of hydrogen-bond donors (Lipinski definition) is 2. The van der Waals surface area contributed by atoms with E-state index in [4.69, 9.17) is 4.74 Å². The van der Waals surface area contributed by atoms with E-state index in [2.05, 4.69) is 5.32 Å². The van der Waals surface area contributed by atoms with Gasteiger partial charge in [-0.15, -0.1) is 0 Å². The molecular formula is C21H30F3NO5. The predicted octanol–water partition coefficient (Wildman–Crippen LogP) is 2.42. The van der Waals surface area contributed by atoms with Crippen LogP contribution in [0.25, 0.3) is 0 Å². The maximum absolute atomic E-state index is 13.3. The highest BCUT2D eigenvalue weighted by atomic mass is 19.4. The Morgan fingerprint density at radius 3 is 2.40 bits per heavy atom. The molecule has 7 atom stereocenters. The van der Waals surface area contributed by atoms with Crippen molar-refractivity contribution in [2.45, 2.75) is 77.2 Å². The van der Waals surface area contributed by atoms with E-state index in [1.165, 1.54) is 0 Å². The molecule has 2 bridgehead atoms. The second-order valence-corrected chi connectivity index (χ2v) is 9.94. The molecular weight excluding hydrogens is 403 g/mol. The lowest BCUT2D eigenvalue weighted by Crippen LogP contribution is -2.59. The zero-order chi connectivity index (χ0) is 22.4. The van der Waals surface area contributed by atoms with Crippen LogP contribution in [0.1, 0.15) is 52.9 Å². The Bertz CT molecular complexity index is 702. The summed E-state index contributed by atoms with van der Waals surface area (Å²) in [6.07, 6.45) is -4.12. The number of ketones is 2. The molecule has 6 nitrogen and oxygen atoms in total. The molecule has 0 aromatic carbocycles. The fourth-order valence-electron chi connectivity index (χ4n) is 4.97. The number of aliphatic hydroxyl groups is 1. The van der Waals surface area contributed by atoms with Gasteiger partial charge in [0.1, 0.15) is 24.3 Å². The minimum Gasteiger partial charge on any atom is -0.464 e. The molecule has 0 aromatic heterocycles. The minimum atomic E-state index is -4.50. The zero-order valence-electron chi connectivity index (χ0n) is 17.5. The van der Waals surface area contributed by atoms with Gasteiger partial charge in [0.25, 0.3) is 0 Å². The first-order valence-electron chi connectivity index (χ1n) is 10.6. The van der Waals surface area contributed by atoms with Crippen LogP contribution in [0, 0.1) is 29.1 Å². The molecule has 7 unspecified atom stereocenters. The fourth-order valence-corrected chi connectivity index (χ4v) is 4.97. The second kappa shape index (κ2) is 8.22. The van der Waals surface area contributed by atoms with E-state index < -0.39 is 60.0 Å². The third-order valence-corrected chi connectivity index (χ3v) is 6.75. The van der Waals surface area contributed by atoms with Crippen molar-refractivity contribution in [1.29, 1.82) is 0 Å². The summed E-state index contributed by atoms with van der Waals surface area (Å²) >= 11 is 0. The van der Waals surface area contributed by atoms with Crippen molar-refractivity contribution < 1.29 is 37.4 Å². The number of Topliss-reactive ketones (excluding diaryl/α,β-unsaturated/α-hetero) is 2. The van der Waals surface area contributed by atoms with Crippen LogP contribution in [0.2, 0.25) is 0 Å². The van der Waals surface area contributed by atoms with Crippen LogP contribution in [-0.4, -0.2) is 53.6 Å². The molecule has 0 aromatic rings. The van der Waals surface area contributed by atoms with Gasteiger partial charge in [0, 0.05) is 11.8 Å². The highest BCUT2D eigenvalue weighted by Gasteiger charge is 2.54. The molecule has 1 heterocycles. The van der Waals surface area contributed by atoms with Gasteiger partial charge < -0.3 is 9.84 Å². The number of nitrogens with one attached hydrogen (secondary N) is 1. The van der Waals surface area contributed by atoms with E-state index in [1.807, 2.05) is 0 Å². The summed E-state index contributed by atoms with van der Waals surface area (Å²) in [6, 6.07) is -2.88. The van der Waals surface area contributed by atoms with Crippen molar-refractivity contribution in [3.63, 3.8) is 0 Å².